The lowest BCUT2D eigenvalue weighted by Crippen LogP contribution is -2.45. The van der Waals surface area contributed by atoms with E-state index in [9.17, 15) is 5.11 Å². The number of nitrogens with zero attached hydrogens (tertiary/aromatic N) is 1. The molecule has 4 nitrogen and oxygen atoms in total. The van der Waals surface area contributed by atoms with Crippen LogP contribution in [0.4, 0.5) is 0 Å². The van der Waals surface area contributed by atoms with Crippen LogP contribution in [0, 0.1) is 5.41 Å². The van der Waals surface area contributed by atoms with Gasteiger partial charge in [0.15, 0.2) is 0 Å². The predicted molar refractivity (Wildman–Crippen MR) is 72.3 cm³/mol. The van der Waals surface area contributed by atoms with E-state index in [1.165, 1.54) is 0 Å². The Morgan fingerprint density at radius 3 is 2.41 bits per heavy atom. The molecule has 0 aromatic rings. The van der Waals surface area contributed by atoms with Crippen molar-refractivity contribution in [3.8, 4) is 0 Å². The SMILES string of the molecule is COCCNCC(O)CN(C)C(C)C(C)(C)C. The molecular weight excluding hydrogens is 216 g/mol. The van der Waals surface area contributed by atoms with E-state index >= 15 is 0 Å². The van der Waals surface area contributed by atoms with Gasteiger partial charge >= 0.3 is 0 Å². The molecule has 0 saturated heterocycles. The van der Waals surface area contributed by atoms with Crippen LogP contribution in [0.15, 0.2) is 0 Å². The minimum atomic E-state index is -0.332. The van der Waals surface area contributed by atoms with Crippen molar-refractivity contribution in [1.82, 2.24) is 10.2 Å². The normalized spacial score (nSPS) is 16.2. The van der Waals surface area contributed by atoms with Crippen molar-refractivity contribution in [2.75, 3.05) is 40.4 Å². The molecule has 0 rings (SSSR count). The van der Waals surface area contributed by atoms with Gasteiger partial charge in [0.2, 0.25) is 0 Å². The first-order chi connectivity index (χ1) is 7.79. The molecule has 0 aliphatic heterocycles. The zero-order valence-electron chi connectivity index (χ0n) is 12.3. The van der Waals surface area contributed by atoms with Crippen LogP contribution in [0.25, 0.3) is 0 Å². The second kappa shape index (κ2) is 8.03. The van der Waals surface area contributed by atoms with Gasteiger partial charge < -0.3 is 20.1 Å². The average Bonchev–Trinajstić information content (AvgIpc) is 2.22. The molecule has 17 heavy (non-hydrogen) atoms. The molecule has 0 spiro atoms. The third-order valence-corrected chi connectivity index (χ3v) is 3.28. The lowest BCUT2D eigenvalue weighted by molar-refractivity contribution is 0.0704. The molecule has 104 valence electrons. The highest BCUT2D eigenvalue weighted by molar-refractivity contribution is 4.79. The Bertz CT molecular complexity index is 192. The Balaban J connectivity index is 3.83. The van der Waals surface area contributed by atoms with Gasteiger partial charge in [0, 0.05) is 32.8 Å². The molecule has 0 aromatic heterocycles. The molecule has 0 aliphatic rings. The molecule has 4 heteroatoms. The van der Waals surface area contributed by atoms with E-state index in [0.717, 1.165) is 6.54 Å². The van der Waals surface area contributed by atoms with Crippen LogP contribution in [-0.4, -0.2) is 62.6 Å². The first kappa shape index (κ1) is 16.8. The van der Waals surface area contributed by atoms with Crippen LogP contribution in [0.2, 0.25) is 0 Å². The molecule has 0 saturated carbocycles. The first-order valence-electron chi connectivity index (χ1n) is 6.37. The van der Waals surface area contributed by atoms with Crippen molar-refractivity contribution < 1.29 is 9.84 Å². The highest BCUT2D eigenvalue weighted by atomic mass is 16.5. The molecule has 2 N–H and O–H groups in total. The van der Waals surface area contributed by atoms with Gasteiger partial charge in [-0.2, -0.15) is 0 Å². The number of methoxy groups -OCH3 is 1. The van der Waals surface area contributed by atoms with E-state index in [1.807, 2.05) is 0 Å². The fraction of sp³-hybridized carbons (Fsp3) is 1.00. The molecular formula is C13H30N2O2. The van der Waals surface area contributed by atoms with Crippen LogP contribution in [-0.2, 0) is 4.74 Å². The Morgan fingerprint density at radius 1 is 1.35 bits per heavy atom. The van der Waals surface area contributed by atoms with Crippen molar-refractivity contribution in [1.29, 1.82) is 0 Å². The predicted octanol–water partition coefficient (Wildman–Crippen LogP) is 0.950. The van der Waals surface area contributed by atoms with Crippen LogP contribution in [0.1, 0.15) is 27.7 Å². The molecule has 0 radical (unpaired) electrons. The quantitative estimate of drug-likeness (QED) is 0.626. The molecule has 0 aromatic carbocycles. The summed E-state index contributed by atoms with van der Waals surface area (Å²) in [7, 11) is 3.74. The summed E-state index contributed by atoms with van der Waals surface area (Å²) >= 11 is 0. The standard InChI is InChI=1S/C13H30N2O2/c1-11(13(2,3)4)15(5)10-12(16)9-14-7-8-17-6/h11-12,14,16H,7-10H2,1-6H3. The number of likely N-dealkylation sites (N-methyl/N-ethyl adjacent to an activating group) is 1. The van der Waals surface area contributed by atoms with E-state index in [1.54, 1.807) is 7.11 Å². The van der Waals surface area contributed by atoms with Gasteiger partial charge in [-0.3, -0.25) is 0 Å². The molecule has 0 bridgehead atoms. The Kier molecular flexibility index (Phi) is 7.96. The summed E-state index contributed by atoms with van der Waals surface area (Å²) in [4.78, 5) is 2.21. The summed E-state index contributed by atoms with van der Waals surface area (Å²) in [5.41, 5.74) is 0.234. The van der Waals surface area contributed by atoms with Gasteiger partial charge in [0.25, 0.3) is 0 Å². The summed E-state index contributed by atoms with van der Waals surface area (Å²) in [6, 6.07) is 0.441. The molecule has 0 amide bonds. The summed E-state index contributed by atoms with van der Waals surface area (Å²) in [5, 5.41) is 13.1. The third-order valence-electron chi connectivity index (χ3n) is 3.28. The number of aliphatic hydroxyl groups is 1. The van der Waals surface area contributed by atoms with Gasteiger partial charge in [-0.25, -0.2) is 0 Å². The van der Waals surface area contributed by atoms with E-state index in [-0.39, 0.29) is 11.5 Å². The number of rotatable bonds is 8. The maximum Gasteiger partial charge on any atom is 0.0791 e. The van der Waals surface area contributed by atoms with Crippen molar-refractivity contribution in [2.24, 2.45) is 5.41 Å². The smallest absolute Gasteiger partial charge is 0.0791 e. The van der Waals surface area contributed by atoms with E-state index in [4.69, 9.17) is 4.74 Å². The molecule has 0 heterocycles. The van der Waals surface area contributed by atoms with Gasteiger partial charge in [-0.15, -0.1) is 0 Å². The zero-order valence-corrected chi connectivity index (χ0v) is 12.3. The summed E-state index contributed by atoms with van der Waals surface area (Å²) in [6.07, 6.45) is -0.332. The highest BCUT2D eigenvalue weighted by Crippen LogP contribution is 2.22. The van der Waals surface area contributed by atoms with Crippen molar-refractivity contribution in [3.63, 3.8) is 0 Å². The summed E-state index contributed by atoms with van der Waals surface area (Å²) < 4.78 is 4.93. The lowest BCUT2D eigenvalue weighted by Gasteiger charge is -2.36. The Morgan fingerprint density at radius 2 is 1.94 bits per heavy atom. The highest BCUT2D eigenvalue weighted by Gasteiger charge is 2.24. The number of aliphatic hydroxyl groups excluding tert-OH is 1. The number of hydrogen-bond acceptors (Lipinski definition) is 4. The minimum absolute atomic E-state index is 0.234. The largest absolute Gasteiger partial charge is 0.390 e. The molecule has 0 aliphatic carbocycles. The molecule has 0 fully saturated rings. The van der Waals surface area contributed by atoms with Crippen LogP contribution >= 0.6 is 0 Å². The van der Waals surface area contributed by atoms with Gasteiger partial charge in [0.1, 0.15) is 0 Å². The van der Waals surface area contributed by atoms with E-state index in [2.05, 4.69) is 45.0 Å². The Hall–Kier alpha value is -0.160. The maximum absolute atomic E-state index is 9.89. The first-order valence-corrected chi connectivity index (χ1v) is 6.37. The summed E-state index contributed by atoms with van der Waals surface area (Å²) in [5.74, 6) is 0. The van der Waals surface area contributed by atoms with Gasteiger partial charge in [-0.1, -0.05) is 20.8 Å². The Labute approximate surface area is 106 Å². The van der Waals surface area contributed by atoms with E-state index in [0.29, 0.717) is 25.7 Å². The van der Waals surface area contributed by atoms with Crippen molar-refractivity contribution in [3.05, 3.63) is 0 Å². The number of ether oxygens (including phenoxy) is 1. The second-order valence-electron chi connectivity index (χ2n) is 5.83. The van der Waals surface area contributed by atoms with Crippen LogP contribution in [0.3, 0.4) is 0 Å². The van der Waals surface area contributed by atoms with Gasteiger partial charge in [-0.05, 0) is 19.4 Å². The van der Waals surface area contributed by atoms with Crippen LogP contribution < -0.4 is 5.32 Å². The topological polar surface area (TPSA) is 44.7 Å². The monoisotopic (exact) mass is 246 g/mol. The van der Waals surface area contributed by atoms with Crippen molar-refractivity contribution >= 4 is 0 Å². The van der Waals surface area contributed by atoms with Crippen LogP contribution in [0.5, 0.6) is 0 Å². The number of hydrogen-bond donors (Lipinski definition) is 2. The molecule has 2 unspecified atom stereocenters. The summed E-state index contributed by atoms with van der Waals surface area (Å²) in [6.45, 7) is 11.6. The average molecular weight is 246 g/mol. The lowest BCUT2D eigenvalue weighted by atomic mass is 9.87. The fourth-order valence-corrected chi connectivity index (χ4v) is 1.66. The number of nitrogens with one attached hydrogen (secondary N) is 1. The fourth-order valence-electron chi connectivity index (χ4n) is 1.66. The minimum Gasteiger partial charge on any atom is -0.390 e. The maximum atomic E-state index is 9.89. The van der Waals surface area contributed by atoms with Gasteiger partial charge in [0.05, 0.1) is 12.7 Å². The zero-order chi connectivity index (χ0) is 13.5. The van der Waals surface area contributed by atoms with Crippen molar-refractivity contribution in [2.45, 2.75) is 39.8 Å². The van der Waals surface area contributed by atoms with E-state index < -0.39 is 0 Å². The molecule has 2 atom stereocenters. The second-order valence-corrected chi connectivity index (χ2v) is 5.83. The third kappa shape index (κ3) is 7.71.